The largest absolute Gasteiger partial charge is 0.443 e. The molecule has 1 aromatic carbocycles. The van der Waals surface area contributed by atoms with Crippen LogP contribution in [-0.4, -0.2) is 41.2 Å². The first kappa shape index (κ1) is 25.8. The molecule has 1 N–H and O–H groups in total. The molecule has 198 valence electrons. The van der Waals surface area contributed by atoms with Crippen molar-refractivity contribution in [1.82, 2.24) is 19.6 Å². The summed E-state index contributed by atoms with van der Waals surface area (Å²) in [5, 5.41) is 2.60. The van der Waals surface area contributed by atoms with E-state index in [1.54, 1.807) is 12.1 Å². The highest BCUT2D eigenvalue weighted by Crippen LogP contribution is 2.31. The predicted octanol–water partition coefficient (Wildman–Crippen LogP) is 4.52. The second-order valence-corrected chi connectivity index (χ2v) is 10.5. The molecule has 0 radical (unpaired) electrons. The zero-order valence-corrected chi connectivity index (χ0v) is 20.4. The number of aromatic nitrogens is 2. The van der Waals surface area contributed by atoms with Crippen molar-refractivity contribution < 1.29 is 35.2 Å². The van der Waals surface area contributed by atoms with Gasteiger partial charge < -0.3 is 9.73 Å². The average Bonchev–Trinajstić information content (AvgIpc) is 3.55. The summed E-state index contributed by atoms with van der Waals surface area (Å²) in [5.41, 5.74) is 0.610. The molecule has 4 heterocycles. The maximum Gasteiger partial charge on any atom is 0.433 e. The molecule has 1 saturated heterocycles. The number of nitrogens with zero attached hydrogens (tertiary/aromatic N) is 3. The van der Waals surface area contributed by atoms with Crippen LogP contribution in [0.2, 0.25) is 0 Å². The molecule has 3 aromatic heterocycles. The molecule has 1 amide bonds. The van der Waals surface area contributed by atoms with Gasteiger partial charge in [0.15, 0.2) is 0 Å². The lowest BCUT2D eigenvalue weighted by Crippen LogP contribution is -2.45. The van der Waals surface area contributed by atoms with Crippen molar-refractivity contribution in [2.75, 3.05) is 6.54 Å². The molecule has 0 aliphatic carbocycles. The lowest BCUT2D eigenvalue weighted by atomic mass is 10.1. The summed E-state index contributed by atoms with van der Waals surface area (Å²) < 4.78 is 84.8. The van der Waals surface area contributed by atoms with Gasteiger partial charge in [0.2, 0.25) is 11.0 Å². The number of hydrogen-bond donors (Lipinski definition) is 1. The van der Waals surface area contributed by atoms with Crippen LogP contribution in [0.4, 0.5) is 17.6 Å². The molecule has 0 spiro atoms. The number of fused-ring (bicyclic) bond motifs is 1. The molecule has 8 nitrogen and oxygen atoms in total. The summed E-state index contributed by atoms with van der Waals surface area (Å²) in [6.45, 7) is 0.0789. The Kier molecular flexibility index (Phi) is 6.65. The normalized spacial score (nSPS) is 16.7. The Labute approximate surface area is 214 Å². The second kappa shape index (κ2) is 9.80. The van der Waals surface area contributed by atoms with Crippen LogP contribution in [-0.2, 0) is 27.5 Å². The topological polar surface area (TPSA) is 105 Å². The van der Waals surface area contributed by atoms with Crippen LogP contribution >= 0.6 is 0 Å². The molecule has 1 fully saturated rings. The highest BCUT2D eigenvalue weighted by molar-refractivity contribution is 7.89. The number of sulfonamides is 1. The fraction of sp³-hybridized carbons (Fsp3) is 0.240. The van der Waals surface area contributed by atoms with Gasteiger partial charge in [0.25, 0.3) is 10.0 Å². The fourth-order valence-electron chi connectivity index (χ4n) is 4.30. The van der Waals surface area contributed by atoms with Crippen molar-refractivity contribution >= 4 is 26.9 Å². The molecular weight excluding hydrogens is 528 g/mol. The van der Waals surface area contributed by atoms with E-state index in [2.05, 4.69) is 15.3 Å². The maximum atomic E-state index is 13.5. The van der Waals surface area contributed by atoms with Crippen molar-refractivity contribution in [3.63, 3.8) is 0 Å². The third-order valence-corrected chi connectivity index (χ3v) is 7.94. The number of furan rings is 1. The van der Waals surface area contributed by atoms with Gasteiger partial charge in [0.1, 0.15) is 23.1 Å². The molecule has 1 atom stereocenters. The average molecular weight is 549 g/mol. The Morgan fingerprint density at radius 3 is 2.63 bits per heavy atom. The summed E-state index contributed by atoms with van der Waals surface area (Å²) in [5.74, 6) is -1.07. The van der Waals surface area contributed by atoms with E-state index >= 15 is 0 Å². The Hall–Kier alpha value is -3.84. The van der Waals surface area contributed by atoms with Gasteiger partial charge in [-0.25, -0.2) is 12.8 Å². The maximum absolute atomic E-state index is 13.5. The van der Waals surface area contributed by atoms with Gasteiger partial charge in [-0.05, 0) is 54.8 Å². The van der Waals surface area contributed by atoms with E-state index in [9.17, 15) is 30.8 Å². The van der Waals surface area contributed by atoms with Gasteiger partial charge in [0.05, 0.1) is 12.2 Å². The molecule has 13 heteroatoms. The Balaban J connectivity index is 1.28. The lowest BCUT2D eigenvalue weighted by Gasteiger charge is -2.22. The quantitative estimate of drug-likeness (QED) is 0.356. The van der Waals surface area contributed by atoms with Crippen LogP contribution in [0.15, 0.2) is 70.4 Å². The number of amides is 1. The van der Waals surface area contributed by atoms with Crippen molar-refractivity contribution in [1.29, 1.82) is 0 Å². The van der Waals surface area contributed by atoms with Gasteiger partial charge in [0, 0.05) is 36.0 Å². The minimum Gasteiger partial charge on any atom is -0.443 e. The molecule has 1 unspecified atom stereocenters. The highest BCUT2D eigenvalue weighted by atomic mass is 32.2. The monoisotopic (exact) mass is 548 g/mol. The van der Waals surface area contributed by atoms with E-state index < -0.39 is 39.7 Å². The number of benzene rings is 1. The van der Waals surface area contributed by atoms with Crippen LogP contribution in [0.25, 0.3) is 22.1 Å². The standard InChI is InChI=1S/C25H20F4N4O4S/c26-18-4-5-21-17(10-18)12-23(37-21)38(35,36)33-9-1-2-20(33)24(34)32-14-19-11-15(7-8-30-19)16-3-6-22(31-13-16)25(27,28)29/h3-8,10-13,20H,1-2,9,14H2,(H,32,34). The van der Waals surface area contributed by atoms with Crippen molar-refractivity contribution in [3.05, 3.63) is 78.1 Å². The van der Waals surface area contributed by atoms with Crippen molar-refractivity contribution in [3.8, 4) is 11.1 Å². The third kappa shape index (κ3) is 5.11. The molecule has 0 saturated carbocycles. The summed E-state index contributed by atoms with van der Waals surface area (Å²) >= 11 is 0. The van der Waals surface area contributed by atoms with Gasteiger partial charge >= 0.3 is 6.18 Å². The Bertz CT molecular complexity index is 1600. The number of carbonyl (C=O) groups excluding carboxylic acids is 1. The van der Waals surface area contributed by atoms with E-state index in [-0.39, 0.29) is 29.2 Å². The number of halogens is 4. The van der Waals surface area contributed by atoms with Crippen molar-refractivity contribution in [2.45, 2.75) is 36.7 Å². The number of nitrogens with one attached hydrogen (secondary N) is 1. The zero-order chi connectivity index (χ0) is 27.1. The van der Waals surface area contributed by atoms with Crippen LogP contribution in [0.3, 0.4) is 0 Å². The lowest BCUT2D eigenvalue weighted by molar-refractivity contribution is -0.141. The van der Waals surface area contributed by atoms with Crippen molar-refractivity contribution in [2.24, 2.45) is 0 Å². The zero-order valence-electron chi connectivity index (χ0n) is 19.6. The van der Waals surface area contributed by atoms with Gasteiger partial charge in [-0.1, -0.05) is 6.07 Å². The minimum absolute atomic E-state index is 0.0327. The first-order chi connectivity index (χ1) is 18.0. The smallest absolute Gasteiger partial charge is 0.433 e. The van der Waals surface area contributed by atoms with E-state index in [1.807, 2.05) is 0 Å². The van der Waals surface area contributed by atoms with Gasteiger partial charge in [-0.3, -0.25) is 14.8 Å². The van der Waals surface area contributed by atoms with Gasteiger partial charge in [-0.2, -0.15) is 17.5 Å². The highest BCUT2D eigenvalue weighted by Gasteiger charge is 2.41. The number of rotatable bonds is 6. The fourth-order valence-corrected chi connectivity index (χ4v) is 5.91. The van der Waals surface area contributed by atoms with Crippen LogP contribution in [0.5, 0.6) is 0 Å². The van der Waals surface area contributed by atoms with E-state index in [0.29, 0.717) is 29.7 Å². The summed E-state index contributed by atoms with van der Waals surface area (Å²) in [6.07, 6.45) is -1.24. The third-order valence-electron chi connectivity index (χ3n) is 6.17. The number of carbonyl (C=O) groups is 1. The molecule has 0 bridgehead atoms. The predicted molar refractivity (Wildman–Crippen MR) is 127 cm³/mol. The molecule has 1 aliphatic rings. The summed E-state index contributed by atoms with van der Waals surface area (Å²) in [6, 6.07) is 9.27. The summed E-state index contributed by atoms with van der Waals surface area (Å²) in [7, 11) is -4.17. The second-order valence-electron chi connectivity index (χ2n) is 8.70. The van der Waals surface area contributed by atoms with E-state index in [0.717, 1.165) is 28.7 Å². The van der Waals surface area contributed by atoms with E-state index in [4.69, 9.17) is 4.42 Å². The first-order valence-corrected chi connectivity index (χ1v) is 12.9. The number of alkyl halides is 3. The SMILES string of the molecule is O=C(NCc1cc(-c2ccc(C(F)(F)F)nc2)ccn1)C1CCCN1S(=O)(=O)c1cc2cc(F)ccc2o1. The summed E-state index contributed by atoms with van der Waals surface area (Å²) in [4.78, 5) is 20.6. The molecule has 1 aliphatic heterocycles. The number of hydrogen-bond acceptors (Lipinski definition) is 6. The molecular formula is C25H20F4N4O4S. The molecule has 4 aromatic rings. The van der Waals surface area contributed by atoms with Gasteiger partial charge in [-0.15, -0.1) is 0 Å². The van der Waals surface area contributed by atoms with Crippen LogP contribution < -0.4 is 5.32 Å². The first-order valence-electron chi connectivity index (χ1n) is 11.5. The molecule has 5 rings (SSSR count). The van der Waals surface area contributed by atoms with E-state index in [1.165, 1.54) is 24.4 Å². The molecule has 38 heavy (non-hydrogen) atoms. The van der Waals surface area contributed by atoms with Crippen LogP contribution in [0.1, 0.15) is 24.2 Å². The Morgan fingerprint density at radius 1 is 1.08 bits per heavy atom. The minimum atomic E-state index is -4.55. The number of pyridine rings is 2. The van der Waals surface area contributed by atoms with Crippen LogP contribution in [0, 0.1) is 5.82 Å². The Morgan fingerprint density at radius 2 is 1.89 bits per heavy atom.